The molecule has 0 unspecified atom stereocenters. The number of para-hydroxylation sites is 1. The molecule has 4 nitrogen and oxygen atoms in total. The number of aromatic amines is 1. The zero-order chi connectivity index (χ0) is 22.5. The molecular formula is C25H24BrCl3N2O2. The highest BCUT2D eigenvalue weighted by atomic mass is 79.9. The second-order valence-electron chi connectivity index (χ2n) is 7.42. The minimum atomic E-state index is 0. The summed E-state index contributed by atoms with van der Waals surface area (Å²) in [4.78, 5) is 3.33. The van der Waals surface area contributed by atoms with Crippen LogP contribution in [0.1, 0.15) is 16.7 Å². The highest BCUT2D eigenvalue weighted by Crippen LogP contribution is 2.37. The quantitative estimate of drug-likeness (QED) is 0.204. The van der Waals surface area contributed by atoms with E-state index in [4.69, 9.17) is 32.7 Å². The number of halogens is 4. The fourth-order valence-electron chi connectivity index (χ4n) is 3.60. The van der Waals surface area contributed by atoms with E-state index < -0.39 is 0 Å². The van der Waals surface area contributed by atoms with Crippen LogP contribution in [0.2, 0.25) is 10.0 Å². The molecule has 174 valence electrons. The molecular weight excluding hydrogens is 547 g/mol. The smallest absolute Gasteiger partial charge is 0.175 e. The number of nitrogens with one attached hydrogen (secondary N) is 2. The third-order valence-electron chi connectivity index (χ3n) is 5.25. The number of H-pyrrole nitrogens is 1. The molecule has 8 heteroatoms. The maximum Gasteiger partial charge on any atom is 0.175 e. The molecule has 0 saturated carbocycles. The largest absolute Gasteiger partial charge is 0.493 e. The maximum absolute atomic E-state index is 6.26. The first kappa shape index (κ1) is 25.7. The van der Waals surface area contributed by atoms with Gasteiger partial charge in [-0.2, -0.15) is 0 Å². The summed E-state index contributed by atoms with van der Waals surface area (Å²) in [5.41, 5.74) is 4.45. The summed E-state index contributed by atoms with van der Waals surface area (Å²) in [6.07, 6.45) is 3.04. The second kappa shape index (κ2) is 12.0. The summed E-state index contributed by atoms with van der Waals surface area (Å²) < 4.78 is 12.4. The van der Waals surface area contributed by atoms with Gasteiger partial charge in [-0.15, -0.1) is 12.4 Å². The van der Waals surface area contributed by atoms with E-state index in [1.165, 1.54) is 16.5 Å². The number of hydrogen-bond acceptors (Lipinski definition) is 3. The Morgan fingerprint density at radius 1 is 1.03 bits per heavy atom. The fourth-order valence-corrected chi connectivity index (χ4v) is 4.67. The average Bonchev–Trinajstić information content (AvgIpc) is 3.20. The fraction of sp³-hybridized carbons (Fsp3) is 0.200. The van der Waals surface area contributed by atoms with Gasteiger partial charge >= 0.3 is 0 Å². The number of hydrogen-bond donors (Lipinski definition) is 2. The number of ether oxygens (including phenoxy) is 2. The molecule has 33 heavy (non-hydrogen) atoms. The van der Waals surface area contributed by atoms with Crippen LogP contribution < -0.4 is 14.8 Å². The lowest BCUT2D eigenvalue weighted by molar-refractivity contribution is 0.282. The van der Waals surface area contributed by atoms with Crippen LogP contribution in [0.15, 0.2) is 65.3 Å². The van der Waals surface area contributed by atoms with Gasteiger partial charge in [0.25, 0.3) is 0 Å². The van der Waals surface area contributed by atoms with Crippen molar-refractivity contribution in [1.82, 2.24) is 10.3 Å². The Hall–Kier alpha value is -1.89. The third kappa shape index (κ3) is 6.37. The zero-order valence-corrected chi connectivity index (χ0v) is 21.9. The lowest BCUT2D eigenvalue weighted by Crippen LogP contribution is -2.16. The van der Waals surface area contributed by atoms with E-state index in [9.17, 15) is 0 Å². The van der Waals surface area contributed by atoms with Crippen molar-refractivity contribution in [1.29, 1.82) is 0 Å². The molecule has 0 atom stereocenters. The van der Waals surface area contributed by atoms with E-state index in [0.29, 0.717) is 28.2 Å². The van der Waals surface area contributed by atoms with E-state index in [-0.39, 0.29) is 12.4 Å². The predicted molar refractivity (Wildman–Crippen MR) is 142 cm³/mol. The number of aromatic nitrogens is 1. The summed E-state index contributed by atoms with van der Waals surface area (Å²) in [6.45, 7) is 1.91. The zero-order valence-electron chi connectivity index (χ0n) is 18.0. The van der Waals surface area contributed by atoms with E-state index in [2.05, 4.69) is 50.6 Å². The lowest BCUT2D eigenvalue weighted by atomic mass is 10.1. The van der Waals surface area contributed by atoms with Crippen LogP contribution in [0.5, 0.6) is 11.5 Å². The molecule has 0 spiro atoms. The first-order valence-electron chi connectivity index (χ1n) is 10.2. The van der Waals surface area contributed by atoms with E-state index in [1.807, 2.05) is 24.3 Å². The molecule has 1 heterocycles. The number of rotatable bonds is 9. The Labute approximate surface area is 218 Å². The summed E-state index contributed by atoms with van der Waals surface area (Å²) >= 11 is 15.8. The minimum absolute atomic E-state index is 0. The van der Waals surface area contributed by atoms with E-state index in [0.717, 1.165) is 35.1 Å². The normalized spacial score (nSPS) is 10.8. The molecule has 0 amide bonds. The SMILES string of the molecule is COc1cc(CNCCc2c[nH]c3ccccc23)cc(Br)c1OCc1ccc(Cl)cc1Cl.Cl. The van der Waals surface area contributed by atoms with Gasteiger partial charge in [-0.1, -0.05) is 47.5 Å². The molecule has 0 aliphatic rings. The van der Waals surface area contributed by atoms with Gasteiger partial charge in [-0.05, 0) is 70.4 Å². The molecule has 0 radical (unpaired) electrons. The van der Waals surface area contributed by atoms with Crippen LogP contribution in [-0.4, -0.2) is 18.6 Å². The number of methoxy groups -OCH3 is 1. The van der Waals surface area contributed by atoms with Crippen molar-refractivity contribution >= 4 is 62.4 Å². The van der Waals surface area contributed by atoms with E-state index in [1.54, 1.807) is 19.2 Å². The van der Waals surface area contributed by atoms with Crippen LogP contribution in [0.4, 0.5) is 0 Å². The van der Waals surface area contributed by atoms with Gasteiger partial charge in [0.1, 0.15) is 6.61 Å². The summed E-state index contributed by atoms with van der Waals surface area (Å²) in [5.74, 6) is 1.30. The van der Waals surface area contributed by atoms with Gasteiger partial charge in [0.15, 0.2) is 11.5 Å². The van der Waals surface area contributed by atoms with E-state index >= 15 is 0 Å². The molecule has 0 bridgehead atoms. The lowest BCUT2D eigenvalue weighted by Gasteiger charge is -2.15. The Morgan fingerprint density at radius 3 is 2.64 bits per heavy atom. The molecule has 2 N–H and O–H groups in total. The standard InChI is InChI=1S/C25H23BrCl2N2O2.ClH/c1-31-24-11-16(13-29-9-8-17-14-30-23-5-3-2-4-20(17)23)10-21(26)25(24)32-15-18-6-7-19(27)12-22(18)28;/h2-7,10-12,14,29-30H,8-9,13,15H2,1H3;1H. The van der Waals surface area contributed by atoms with Crippen LogP contribution in [0.25, 0.3) is 10.9 Å². The summed E-state index contributed by atoms with van der Waals surface area (Å²) in [6, 6.07) is 17.8. The highest BCUT2D eigenvalue weighted by molar-refractivity contribution is 9.10. The number of benzene rings is 3. The van der Waals surface area contributed by atoms with Gasteiger partial charge in [0.2, 0.25) is 0 Å². The van der Waals surface area contributed by atoms with Crippen molar-refractivity contribution in [3.05, 3.63) is 92.0 Å². The predicted octanol–water partition coefficient (Wildman–Crippen LogP) is 7.58. The molecule has 4 aromatic rings. The van der Waals surface area contributed by atoms with Crippen molar-refractivity contribution < 1.29 is 9.47 Å². The number of fused-ring (bicyclic) bond motifs is 1. The monoisotopic (exact) mass is 568 g/mol. The van der Waals surface area contributed by atoms with Gasteiger partial charge in [-0.25, -0.2) is 0 Å². The molecule has 1 aromatic heterocycles. The highest BCUT2D eigenvalue weighted by Gasteiger charge is 2.13. The first-order chi connectivity index (χ1) is 15.5. The van der Waals surface area contributed by atoms with Crippen LogP contribution >= 0.6 is 51.5 Å². The average molecular weight is 571 g/mol. The van der Waals surface area contributed by atoms with Gasteiger partial charge in [-0.3, -0.25) is 0 Å². The Kier molecular flexibility index (Phi) is 9.36. The summed E-state index contributed by atoms with van der Waals surface area (Å²) in [5, 5.41) is 5.96. The van der Waals surface area contributed by atoms with Crippen molar-refractivity contribution in [2.24, 2.45) is 0 Å². The maximum atomic E-state index is 6.26. The van der Waals surface area contributed by atoms with Crippen molar-refractivity contribution in [3.63, 3.8) is 0 Å². The van der Waals surface area contributed by atoms with Crippen molar-refractivity contribution in [2.75, 3.05) is 13.7 Å². The van der Waals surface area contributed by atoms with Gasteiger partial charge in [0.05, 0.1) is 11.6 Å². The van der Waals surface area contributed by atoms with Crippen molar-refractivity contribution in [2.45, 2.75) is 19.6 Å². The topological polar surface area (TPSA) is 46.3 Å². The molecule has 0 aliphatic heterocycles. The summed E-state index contributed by atoms with van der Waals surface area (Å²) in [7, 11) is 1.64. The first-order valence-corrected chi connectivity index (χ1v) is 11.8. The van der Waals surface area contributed by atoms with Gasteiger partial charge in [0, 0.05) is 39.3 Å². The molecule has 0 aliphatic carbocycles. The van der Waals surface area contributed by atoms with Gasteiger partial charge < -0.3 is 19.8 Å². The molecule has 4 rings (SSSR count). The Balaban J connectivity index is 0.00000306. The minimum Gasteiger partial charge on any atom is -0.493 e. The third-order valence-corrected chi connectivity index (χ3v) is 6.43. The Bertz CT molecular complexity index is 1230. The molecule has 0 fully saturated rings. The molecule has 0 saturated heterocycles. The van der Waals surface area contributed by atoms with Crippen molar-refractivity contribution in [3.8, 4) is 11.5 Å². The second-order valence-corrected chi connectivity index (χ2v) is 9.12. The van der Waals surface area contributed by atoms with Crippen LogP contribution in [0, 0.1) is 0 Å². The van der Waals surface area contributed by atoms with Crippen LogP contribution in [0.3, 0.4) is 0 Å². The molecule has 3 aromatic carbocycles. The Morgan fingerprint density at radius 2 is 1.85 bits per heavy atom. The van der Waals surface area contributed by atoms with Crippen LogP contribution in [-0.2, 0) is 19.6 Å².